The summed E-state index contributed by atoms with van der Waals surface area (Å²) < 4.78 is 5.51. The van der Waals surface area contributed by atoms with Crippen LogP contribution in [0.4, 0.5) is 0 Å². The molecule has 0 N–H and O–H groups in total. The molecular weight excluding hydrogens is 281 g/mol. The summed E-state index contributed by atoms with van der Waals surface area (Å²) in [7, 11) is 0. The van der Waals surface area contributed by atoms with Gasteiger partial charge in [0.25, 0.3) is 0 Å². The molecule has 5 heteroatoms. The quantitative estimate of drug-likeness (QED) is 0.488. The fraction of sp³-hybridized carbons (Fsp3) is 0.200. The Morgan fingerprint density at radius 1 is 1.73 bits per heavy atom. The Labute approximate surface area is 101 Å². The Morgan fingerprint density at radius 3 is 3.13 bits per heavy atom. The van der Waals surface area contributed by atoms with Gasteiger partial charge in [-0.15, -0.1) is 0 Å². The van der Waals surface area contributed by atoms with Crippen LogP contribution in [0.2, 0.25) is 5.15 Å². The zero-order chi connectivity index (χ0) is 11.3. The van der Waals surface area contributed by atoms with Crippen LogP contribution in [0.25, 0.3) is 6.08 Å². The van der Waals surface area contributed by atoms with Gasteiger partial charge in [-0.25, -0.2) is 9.78 Å². The highest BCUT2D eigenvalue weighted by Gasteiger charge is 1.99. The van der Waals surface area contributed by atoms with Crippen molar-refractivity contribution >= 4 is 39.6 Å². The molecule has 0 aromatic carbocycles. The molecule has 1 rings (SSSR count). The van der Waals surface area contributed by atoms with Crippen LogP contribution in [0.1, 0.15) is 12.5 Å². The van der Waals surface area contributed by atoms with Crippen molar-refractivity contribution in [1.82, 2.24) is 4.98 Å². The summed E-state index contributed by atoms with van der Waals surface area (Å²) in [6.07, 6.45) is 4.54. The monoisotopic (exact) mass is 289 g/mol. The maximum atomic E-state index is 11.0. The van der Waals surface area contributed by atoms with E-state index in [1.807, 2.05) is 0 Å². The number of hydrogen-bond donors (Lipinski definition) is 0. The molecule has 0 radical (unpaired) electrons. The molecule has 1 aromatic heterocycles. The van der Waals surface area contributed by atoms with Crippen LogP contribution in [0.3, 0.4) is 0 Å². The molecule has 0 fully saturated rings. The first-order valence-corrected chi connectivity index (χ1v) is 5.46. The van der Waals surface area contributed by atoms with Crippen molar-refractivity contribution in [3.8, 4) is 0 Å². The second-order valence-corrected chi connectivity index (χ2v) is 3.86. The standard InChI is InChI=1S/C10H9BrClNO2/c1-2-15-10(14)4-3-7-5-9(12)13-6-8(7)11/h3-6H,2H2,1H3. The number of carbonyl (C=O) groups is 1. The second-order valence-electron chi connectivity index (χ2n) is 2.61. The van der Waals surface area contributed by atoms with E-state index in [1.54, 1.807) is 25.3 Å². The summed E-state index contributed by atoms with van der Waals surface area (Å²) in [5.74, 6) is -0.377. The third-order valence-corrected chi connectivity index (χ3v) is 2.41. The summed E-state index contributed by atoms with van der Waals surface area (Å²) in [4.78, 5) is 14.9. The van der Waals surface area contributed by atoms with E-state index in [2.05, 4.69) is 20.9 Å². The molecule has 80 valence electrons. The minimum absolute atomic E-state index is 0.363. The van der Waals surface area contributed by atoms with Gasteiger partial charge < -0.3 is 4.74 Å². The average Bonchev–Trinajstić information content (AvgIpc) is 2.20. The topological polar surface area (TPSA) is 39.2 Å². The molecule has 15 heavy (non-hydrogen) atoms. The Morgan fingerprint density at radius 2 is 2.47 bits per heavy atom. The number of esters is 1. The molecule has 0 spiro atoms. The molecule has 0 unspecified atom stereocenters. The largest absolute Gasteiger partial charge is 0.463 e. The van der Waals surface area contributed by atoms with E-state index >= 15 is 0 Å². The van der Waals surface area contributed by atoms with Crippen LogP contribution in [-0.2, 0) is 9.53 Å². The van der Waals surface area contributed by atoms with E-state index in [0.717, 1.165) is 10.0 Å². The van der Waals surface area contributed by atoms with E-state index in [9.17, 15) is 4.79 Å². The van der Waals surface area contributed by atoms with Gasteiger partial charge in [0.2, 0.25) is 0 Å². The summed E-state index contributed by atoms with van der Waals surface area (Å²) in [5.41, 5.74) is 0.781. The Kier molecular flexibility index (Phi) is 4.78. The highest BCUT2D eigenvalue weighted by molar-refractivity contribution is 9.10. The Hall–Kier alpha value is -0.870. The Balaban J connectivity index is 2.79. The van der Waals surface area contributed by atoms with Crippen molar-refractivity contribution in [2.75, 3.05) is 6.61 Å². The summed E-state index contributed by atoms with van der Waals surface area (Å²) in [6, 6.07) is 1.65. The fourth-order valence-corrected chi connectivity index (χ4v) is 1.42. The lowest BCUT2D eigenvalue weighted by atomic mass is 10.2. The molecule has 0 aliphatic heterocycles. The van der Waals surface area contributed by atoms with Gasteiger partial charge >= 0.3 is 5.97 Å². The van der Waals surface area contributed by atoms with Gasteiger partial charge in [-0.2, -0.15) is 0 Å². The van der Waals surface area contributed by atoms with Gasteiger partial charge in [0.1, 0.15) is 5.15 Å². The molecule has 1 heterocycles. The van der Waals surface area contributed by atoms with E-state index in [4.69, 9.17) is 16.3 Å². The normalized spacial score (nSPS) is 10.6. The molecule has 0 bridgehead atoms. The van der Waals surface area contributed by atoms with Gasteiger partial charge in [-0.05, 0) is 40.6 Å². The van der Waals surface area contributed by atoms with Crippen molar-refractivity contribution in [3.63, 3.8) is 0 Å². The molecule has 3 nitrogen and oxygen atoms in total. The lowest BCUT2D eigenvalue weighted by Crippen LogP contribution is -1.98. The number of carbonyl (C=O) groups excluding carboxylic acids is 1. The number of rotatable bonds is 3. The first kappa shape index (κ1) is 12.2. The highest BCUT2D eigenvalue weighted by Crippen LogP contribution is 2.19. The lowest BCUT2D eigenvalue weighted by molar-refractivity contribution is -0.137. The molecule has 1 aromatic rings. The van der Waals surface area contributed by atoms with Crippen LogP contribution in [0, 0.1) is 0 Å². The van der Waals surface area contributed by atoms with Crippen molar-refractivity contribution in [2.45, 2.75) is 6.92 Å². The number of aromatic nitrogens is 1. The third-order valence-electron chi connectivity index (χ3n) is 1.54. The summed E-state index contributed by atoms with van der Waals surface area (Å²) in [5, 5.41) is 0.377. The molecule has 0 atom stereocenters. The van der Waals surface area contributed by atoms with Crippen LogP contribution in [0.5, 0.6) is 0 Å². The smallest absolute Gasteiger partial charge is 0.330 e. The third kappa shape index (κ3) is 4.01. The molecule has 0 amide bonds. The maximum Gasteiger partial charge on any atom is 0.330 e. The molecule has 0 aliphatic rings. The van der Waals surface area contributed by atoms with E-state index < -0.39 is 0 Å². The van der Waals surface area contributed by atoms with Crippen LogP contribution >= 0.6 is 27.5 Å². The number of ether oxygens (including phenoxy) is 1. The zero-order valence-electron chi connectivity index (χ0n) is 8.04. The lowest BCUT2D eigenvalue weighted by Gasteiger charge is -1.98. The van der Waals surface area contributed by atoms with Gasteiger partial charge in [-0.3, -0.25) is 0 Å². The van der Waals surface area contributed by atoms with Crippen molar-refractivity contribution in [3.05, 3.63) is 33.5 Å². The number of nitrogens with zero attached hydrogens (tertiary/aromatic N) is 1. The minimum atomic E-state index is -0.377. The van der Waals surface area contributed by atoms with Crippen LogP contribution in [-0.4, -0.2) is 17.6 Å². The molecule has 0 saturated heterocycles. The van der Waals surface area contributed by atoms with Crippen molar-refractivity contribution < 1.29 is 9.53 Å². The molecule has 0 saturated carbocycles. The SMILES string of the molecule is CCOC(=O)C=Cc1cc(Cl)ncc1Br. The number of pyridine rings is 1. The van der Waals surface area contributed by atoms with Crippen molar-refractivity contribution in [1.29, 1.82) is 0 Å². The predicted octanol–water partition coefficient (Wildman–Crippen LogP) is 3.07. The zero-order valence-corrected chi connectivity index (χ0v) is 10.4. The highest BCUT2D eigenvalue weighted by atomic mass is 79.9. The summed E-state index contributed by atoms with van der Waals surface area (Å²) in [6.45, 7) is 2.12. The summed E-state index contributed by atoms with van der Waals surface area (Å²) >= 11 is 9.01. The molecular formula is C10H9BrClNO2. The maximum absolute atomic E-state index is 11.0. The predicted molar refractivity (Wildman–Crippen MR) is 62.6 cm³/mol. The van der Waals surface area contributed by atoms with Gasteiger partial charge in [0.05, 0.1) is 6.61 Å². The first-order chi connectivity index (χ1) is 7.13. The van der Waals surface area contributed by atoms with Crippen LogP contribution < -0.4 is 0 Å². The minimum Gasteiger partial charge on any atom is -0.463 e. The second kappa shape index (κ2) is 5.88. The van der Waals surface area contributed by atoms with Crippen LogP contribution in [0.15, 0.2) is 22.8 Å². The van der Waals surface area contributed by atoms with E-state index in [1.165, 1.54) is 6.08 Å². The Bertz CT molecular complexity index is 393. The van der Waals surface area contributed by atoms with E-state index in [0.29, 0.717) is 11.8 Å². The van der Waals surface area contributed by atoms with Crippen molar-refractivity contribution in [2.24, 2.45) is 0 Å². The van der Waals surface area contributed by atoms with Gasteiger partial charge in [0.15, 0.2) is 0 Å². The fourth-order valence-electron chi connectivity index (χ4n) is 0.903. The number of halogens is 2. The number of hydrogen-bond acceptors (Lipinski definition) is 3. The van der Waals surface area contributed by atoms with Gasteiger partial charge in [-0.1, -0.05) is 11.6 Å². The molecule has 0 aliphatic carbocycles. The first-order valence-electron chi connectivity index (χ1n) is 4.29. The average molecular weight is 291 g/mol. The van der Waals surface area contributed by atoms with Gasteiger partial charge in [0, 0.05) is 16.7 Å². The van der Waals surface area contributed by atoms with E-state index in [-0.39, 0.29) is 5.97 Å².